The smallest absolute Gasteiger partial charge is 0.292 e. The Hall–Kier alpha value is -2.31. The molecule has 1 aromatic rings. The number of nitrogens with zero attached hydrogens (tertiary/aromatic N) is 1. The number of amides is 1. The summed E-state index contributed by atoms with van der Waals surface area (Å²) >= 11 is 0. The van der Waals surface area contributed by atoms with Crippen LogP contribution in [0.1, 0.15) is 19.3 Å². The number of nitro groups is 1. The van der Waals surface area contributed by atoms with Gasteiger partial charge >= 0.3 is 0 Å². The minimum atomic E-state index is -0.453. The fraction of sp³-hybridized carbons (Fsp3) is 0.417. The Morgan fingerprint density at radius 2 is 2.21 bits per heavy atom. The summed E-state index contributed by atoms with van der Waals surface area (Å²) in [5, 5.41) is 13.8. The zero-order chi connectivity index (χ0) is 14.3. The van der Waals surface area contributed by atoms with Crippen molar-refractivity contribution < 1.29 is 14.5 Å². The van der Waals surface area contributed by atoms with Crippen LogP contribution in [0.2, 0.25) is 0 Å². The van der Waals surface area contributed by atoms with Crippen LogP contribution in [0.4, 0.5) is 11.4 Å². The van der Waals surface area contributed by atoms with E-state index in [-0.39, 0.29) is 11.6 Å². The molecular weight excluding hydrogens is 250 g/mol. The van der Waals surface area contributed by atoms with Crippen molar-refractivity contribution in [2.45, 2.75) is 19.3 Å². The number of hydrogen-bond donors (Lipinski definition) is 2. The molecule has 0 saturated heterocycles. The number of anilines is 1. The minimum Gasteiger partial charge on any atom is -0.497 e. The van der Waals surface area contributed by atoms with Gasteiger partial charge < -0.3 is 15.8 Å². The Bertz CT molecular complexity index is 462. The summed E-state index contributed by atoms with van der Waals surface area (Å²) in [6.07, 6.45) is 1.68. The van der Waals surface area contributed by atoms with Gasteiger partial charge in [0.25, 0.3) is 5.69 Å². The van der Waals surface area contributed by atoms with Crippen molar-refractivity contribution >= 4 is 17.3 Å². The number of carbonyl (C=O) groups is 1. The first-order chi connectivity index (χ1) is 9.04. The summed E-state index contributed by atoms with van der Waals surface area (Å²) in [7, 11) is 1.50. The van der Waals surface area contributed by atoms with E-state index in [1.807, 2.05) is 0 Å². The van der Waals surface area contributed by atoms with E-state index in [4.69, 9.17) is 10.5 Å². The predicted molar refractivity (Wildman–Crippen MR) is 71.2 cm³/mol. The molecule has 1 amide bonds. The van der Waals surface area contributed by atoms with Crippen molar-refractivity contribution in [1.29, 1.82) is 0 Å². The zero-order valence-corrected chi connectivity index (χ0v) is 10.7. The number of carbonyl (C=O) groups excluding carboxylic acids is 1. The highest BCUT2D eigenvalue weighted by atomic mass is 16.6. The molecule has 1 rings (SSSR count). The quantitative estimate of drug-likeness (QED) is 0.423. The Morgan fingerprint density at radius 3 is 2.79 bits per heavy atom. The predicted octanol–water partition coefficient (Wildman–Crippen LogP) is 1.67. The second kappa shape index (κ2) is 7.20. The van der Waals surface area contributed by atoms with Crippen molar-refractivity contribution in [3.8, 4) is 5.75 Å². The molecule has 0 bridgehead atoms. The number of benzene rings is 1. The van der Waals surface area contributed by atoms with Gasteiger partial charge in [-0.05, 0) is 18.9 Å². The first-order valence-electron chi connectivity index (χ1n) is 5.89. The van der Waals surface area contributed by atoms with E-state index in [2.05, 4.69) is 5.32 Å². The number of primary amides is 1. The van der Waals surface area contributed by atoms with E-state index < -0.39 is 4.92 Å². The van der Waals surface area contributed by atoms with Crippen molar-refractivity contribution in [3.05, 3.63) is 28.3 Å². The van der Waals surface area contributed by atoms with Gasteiger partial charge in [-0.3, -0.25) is 14.9 Å². The monoisotopic (exact) mass is 267 g/mol. The first kappa shape index (κ1) is 14.7. The highest BCUT2D eigenvalue weighted by Gasteiger charge is 2.13. The Kier molecular flexibility index (Phi) is 5.59. The van der Waals surface area contributed by atoms with Crippen LogP contribution in [0.25, 0.3) is 0 Å². The molecule has 19 heavy (non-hydrogen) atoms. The fourth-order valence-electron chi connectivity index (χ4n) is 1.59. The summed E-state index contributed by atoms with van der Waals surface area (Å²) in [6.45, 7) is 0.529. The molecule has 0 aliphatic rings. The SMILES string of the molecule is COc1ccc([N+](=O)[O-])c(NCCCCC(N)=O)c1. The van der Waals surface area contributed by atoms with Crippen molar-refractivity contribution in [2.24, 2.45) is 5.73 Å². The maximum Gasteiger partial charge on any atom is 0.292 e. The normalized spacial score (nSPS) is 9.95. The van der Waals surface area contributed by atoms with Crippen LogP contribution in [-0.4, -0.2) is 24.5 Å². The van der Waals surface area contributed by atoms with E-state index in [1.54, 1.807) is 6.07 Å². The van der Waals surface area contributed by atoms with Crippen LogP contribution in [0, 0.1) is 10.1 Å². The molecule has 0 aliphatic heterocycles. The topological polar surface area (TPSA) is 107 Å². The van der Waals surface area contributed by atoms with Gasteiger partial charge in [-0.15, -0.1) is 0 Å². The molecule has 0 heterocycles. The highest BCUT2D eigenvalue weighted by molar-refractivity contribution is 5.73. The highest BCUT2D eigenvalue weighted by Crippen LogP contribution is 2.28. The van der Waals surface area contributed by atoms with Gasteiger partial charge in [0, 0.05) is 25.1 Å². The maximum absolute atomic E-state index is 10.9. The number of nitrogens with one attached hydrogen (secondary N) is 1. The molecule has 0 aliphatic carbocycles. The summed E-state index contributed by atoms with van der Waals surface area (Å²) in [5.41, 5.74) is 5.42. The number of ether oxygens (including phenoxy) is 1. The lowest BCUT2D eigenvalue weighted by atomic mass is 10.2. The summed E-state index contributed by atoms with van der Waals surface area (Å²) in [5.74, 6) is 0.206. The molecule has 0 spiro atoms. The van der Waals surface area contributed by atoms with Crippen LogP contribution >= 0.6 is 0 Å². The Balaban J connectivity index is 2.59. The van der Waals surface area contributed by atoms with Crippen LogP contribution in [-0.2, 0) is 4.79 Å². The van der Waals surface area contributed by atoms with Gasteiger partial charge in [-0.1, -0.05) is 0 Å². The number of hydrogen-bond acceptors (Lipinski definition) is 5. The molecule has 7 nitrogen and oxygen atoms in total. The molecule has 0 saturated carbocycles. The van der Waals surface area contributed by atoms with E-state index in [0.29, 0.717) is 37.2 Å². The summed E-state index contributed by atoms with van der Waals surface area (Å²) in [6, 6.07) is 4.51. The largest absolute Gasteiger partial charge is 0.497 e. The van der Waals surface area contributed by atoms with Gasteiger partial charge in [0.15, 0.2) is 0 Å². The number of unbranched alkanes of at least 4 members (excludes halogenated alkanes) is 1. The molecule has 0 aromatic heterocycles. The average Bonchev–Trinajstić information content (AvgIpc) is 2.37. The first-order valence-corrected chi connectivity index (χ1v) is 5.89. The standard InChI is InChI=1S/C12H17N3O4/c1-19-9-5-6-11(15(17)18)10(8-9)14-7-3-2-4-12(13)16/h5-6,8,14H,2-4,7H2,1H3,(H2,13,16). The van der Waals surface area contributed by atoms with Gasteiger partial charge in [-0.2, -0.15) is 0 Å². The second-order valence-corrected chi connectivity index (χ2v) is 3.99. The third-order valence-corrected chi connectivity index (χ3v) is 2.57. The Labute approximate surface area is 110 Å². The van der Waals surface area contributed by atoms with E-state index >= 15 is 0 Å². The maximum atomic E-state index is 10.9. The third-order valence-electron chi connectivity index (χ3n) is 2.57. The lowest BCUT2D eigenvalue weighted by Gasteiger charge is -2.08. The molecular formula is C12H17N3O4. The molecule has 0 fully saturated rings. The van der Waals surface area contributed by atoms with Crippen molar-refractivity contribution in [3.63, 3.8) is 0 Å². The number of nitro benzene ring substituents is 1. The summed E-state index contributed by atoms with van der Waals surface area (Å²) < 4.78 is 5.02. The minimum absolute atomic E-state index is 0.00398. The van der Waals surface area contributed by atoms with Crippen LogP contribution < -0.4 is 15.8 Å². The molecule has 0 radical (unpaired) electrons. The van der Waals surface area contributed by atoms with Crippen LogP contribution in [0.5, 0.6) is 5.75 Å². The van der Waals surface area contributed by atoms with E-state index in [1.165, 1.54) is 19.2 Å². The molecule has 1 aromatic carbocycles. The zero-order valence-electron chi connectivity index (χ0n) is 10.7. The molecule has 3 N–H and O–H groups in total. The number of methoxy groups -OCH3 is 1. The summed E-state index contributed by atoms with van der Waals surface area (Å²) in [4.78, 5) is 21.0. The molecule has 7 heteroatoms. The fourth-order valence-corrected chi connectivity index (χ4v) is 1.59. The molecule has 0 unspecified atom stereocenters. The van der Waals surface area contributed by atoms with E-state index in [0.717, 1.165) is 0 Å². The Morgan fingerprint density at radius 1 is 1.47 bits per heavy atom. The van der Waals surface area contributed by atoms with E-state index in [9.17, 15) is 14.9 Å². The molecule has 104 valence electrons. The lowest BCUT2D eigenvalue weighted by Crippen LogP contribution is -2.11. The van der Waals surface area contributed by atoms with Gasteiger partial charge in [0.1, 0.15) is 11.4 Å². The number of nitrogens with two attached hydrogens (primary N) is 1. The van der Waals surface area contributed by atoms with Crippen LogP contribution in [0.3, 0.4) is 0 Å². The van der Waals surface area contributed by atoms with Crippen LogP contribution in [0.15, 0.2) is 18.2 Å². The molecule has 0 atom stereocenters. The third kappa shape index (κ3) is 4.82. The average molecular weight is 267 g/mol. The van der Waals surface area contributed by atoms with Crippen molar-refractivity contribution in [1.82, 2.24) is 0 Å². The number of rotatable bonds is 8. The van der Waals surface area contributed by atoms with Gasteiger partial charge in [0.2, 0.25) is 5.91 Å². The van der Waals surface area contributed by atoms with Gasteiger partial charge in [0.05, 0.1) is 12.0 Å². The second-order valence-electron chi connectivity index (χ2n) is 3.99. The van der Waals surface area contributed by atoms with Gasteiger partial charge in [-0.25, -0.2) is 0 Å². The lowest BCUT2D eigenvalue weighted by molar-refractivity contribution is -0.384. The van der Waals surface area contributed by atoms with Crippen molar-refractivity contribution in [2.75, 3.05) is 19.0 Å².